The van der Waals surface area contributed by atoms with Crippen LogP contribution in [0.15, 0.2) is 54.2 Å². The Hall–Kier alpha value is -3.15. The molecule has 122 valence electrons. The maximum absolute atomic E-state index is 13.2. The van der Waals surface area contributed by atoms with Gasteiger partial charge in [0.25, 0.3) is 5.91 Å². The van der Waals surface area contributed by atoms with E-state index in [0.29, 0.717) is 16.9 Å². The van der Waals surface area contributed by atoms with Crippen LogP contribution in [-0.4, -0.2) is 23.9 Å². The number of amides is 3. The summed E-state index contributed by atoms with van der Waals surface area (Å²) in [6.07, 6.45) is 1.56. The first-order valence-corrected chi connectivity index (χ1v) is 7.31. The number of halogens is 1. The number of para-hydroxylation sites is 1. The van der Waals surface area contributed by atoms with Gasteiger partial charge in [0.05, 0.1) is 0 Å². The van der Waals surface area contributed by atoms with Crippen molar-refractivity contribution in [3.63, 3.8) is 0 Å². The molecule has 1 aliphatic rings. The van der Waals surface area contributed by atoms with Gasteiger partial charge in [-0.05, 0) is 29.8 Å². The number of hydrogen-bond donors (Lipinski definition) is 1. The fourth-order valence-corrected chi connectivity index (χ4v) is 2.30. The van der Waals surface area contributed by atoms with Crippen LogP contribution in [0, 0.1) is 5.82 Å². The van der Waals surface area contributed by atoms with Gasteiger partial charge in [-0.15, -0.1) is 0 Å². The van der Waals surface area contributed by atoms with Crippen molar-refractivity contribution >= 4 is 18.0 Å². The second kappa shape index (κ2) is 6.54. The van der Waals surface area contributed by atoms with E-state index in [4.69, 9.17) is 4.74 Å². The van der Waals surface area contributed by atoms with E-state index in [1.807, 2.05) is 0 Å². The average Bonchev–Trinajstić information content (AvgIpc) is 2.81. The van der Waals surface area contributed by atoms with E-state index in [1.54, 1.807) is 42.5 Å². The summed E-state index contributed by atoms with van der Waals surface area (Å²) < 4.78 is 18.9. The van der Waals surface area contributed by atoms with Crippen LogP contribution in [-0.2, 0) is 11.4 Å². The smallest absolute Gasteiger partial charge is 0.328 e. The van der Waals surface area contributed by atoms with Crippen LogP contribution >= 0.6 is 0 Å². The number of likely N-dealkylation sites (N-methyl/N-ethyl adjacent to an activating group) is 1. The molecule has 2 aromatic rings. The largest absolute Gasteiger partial charge is 0.488 e. The minimum absolute atomic E-state index is 0.185. The Kier molecular flexibility index (Phi) is 4.29. The molecule has 0 bridgehead atoms. The molecular weight excluding hydrogens is 311 g/mol. The molecule has 0 radical (unpaired) electrons. The number of rotatable bonds is 4. The highest BCUT2D eigenvalue weighted by Gasteiger charge is 2.30. The summed E-state index contributed by atoms with van der Waals surface area (Å²) >= 11 is 0. The predicted octanol–water partition coefficient (Wildman–Crippen LogP) is 2.93. The third-order valence-corrected chi connectivity index (χ3v) is 3.58. The van der Waals surface area contributed by atoms with Gasteiger partial charge in [0.1, 0.15) is 23.9 Å². The molecule has 24 heavy (non-hydrogen) atoms. The highest BCUT2D eigenvalue weighted by molar-refractivity contribution is 6.13. The fourth-order valence-electron chi connectivity index (χ4n) is 2.30. The van der Waals surface area contributed by atoms with Crippen molar-refractivity contribution in [2.75, 3.05) is 7.05 Å². The molecule has 0 spiro atoms. The molecule has 0 atom stereocenters. The maximum Gasteiger partial charge on any atom is 0.328 e. The van der Waals surface area contributed by atoms with Gasteiger partial charge in [-0.3, -0.25) is 9.69 Å². The van der Waals surface area contributed by atoms with Crippen molar-refractivity contribution in [2.24, 2.45) is 0 Å². The Morgan fingerprint density at radius 1 is 1.17 bits per heavy atom. The van der Waals surface area contributed by atoms with Crippen molar-refractivity contribution in [3.8, 4) is 5.75 Å². The van der Waals surface area contributed by atoms with E-state index in [9.17, 15) is 14.0 Å². The topological polar surface area (TPSA) is 58.6 Å². The number of nitrogens with zero attached hydrogens (tertiary/aromatic N) is 1. The minimum Gasteiger partial charge on any atom is -0.488 e. The molecular formula is C18H15FN2O3. The Morgan fingerprint density at radius 2 is 1.96 bits per heavy atom. The first-order valence-electron chi connectivity index (χ1n) is 7.31. The van der Waals surface area contributed by atoms with Crippen molar-refractivity contribution in [2.45, 2.75) is 6.61 Å². The third-order valence-electron chi connectivity index (χ3n) is 3.58. The number of carbonyl (C=O) groups is 2. The molecule has 0 saturated carbocycles. The molecule has 6 heteroatoms. The number of urea groups is 1. The van der Waals surface area contributed by atoms with Gasteiger partial charge in [-0.2, -0.15) is 0 Å². The van der Waals surface area contributed by atoms with E-state index in [2.05, 4.69) is 5.32 Å². The molecule has 1 aliphatic heterocycles. The van der Waals surface area contributed by atoms with Crippen molar-refractivity contribution in [1.82, 2.24) is 10.2 Å². The highest BCUT2D eigenvalue weighted by atomic mass is 19.1. The molecule has 1 fully saturated rings. The van der Waals surface area contributed by atoms with Gasteiger partial charge in [-0.1, -0.05) is 30.3 Å². The SMILES string of the molecule is CN1C(=O)N/C(=C/c2ccccc2OCc2cccc(F)c2)C1=O. The summed E-state index contributed by atoms with van der Waals surface area (Å²) in [5.41, 5.74) is 1.53. The molecule has 1 N–H and O–H groups in total. The zero-order valence-electron chi connectivity index (χ0n) is 13.0. The van der Waals surface area contributed by atoms with Crippen LogP contribution in [0.2, 0.25) is 0 Å². The first kappa shape index (κ1) is 15.7. The molecule has 2 aromatic carbocycles. The summed E-state index contributed by atoms with van der Waals surface area (Å²) in [4.78, 5) is 24.4. The molecule has 1 saturated heterocycles. The molecule has 1 heterocycles. The van der Waals surface area contributed by atoms with E-state index >= 15 is 0 Å². The Labute approximate surface area is 138 Å². The number of benzene rings is 2. The van der Waals surface area contributed by atoms with Crippen LogP contribution in [0.4, 0.5) is 9.18 Å². The van der Waals surface area contributed by atoms with E-state index in [-0.39, 0.29) is 18.1 Å². The predicted molar refractivity (Wildman–Crippen MR) is 86.5 cm³/mol. The highest BCUT2D eigenvalue weighted by Crippen LogP contribution is 2.23. The van der Waals surface area contributed by atoms with Crippen molar-refractivity contribution in [3.05, 3.63) is 71.2 Å². The number of carbonyl (C=O) groups excluding carboxylic acids is 2. The summed E-state index contributed by atoms with van der Waals surface area (Å²) in [6.45, 7) is 0.193. The second-order valence-electron chi connectivity index (χ2n) is 5.31. The van der Waals surface area contributed by atoms with Gasteiger partial charge in [-0.25, -0.2) is 9.18 Å². The number of hydrogen-bond acceptors (Lipinski definition) is 3. The zero-order chi connectivity index (χ0) is 17.1. The molecule has 0 unspecified atom stereocenters. The van der Waals surface area contributed by atoms with Crippen molar-refractivity contribution < 1.29 is 18.7 Å². The number of imide groups is 1. The first-order chi connectivity index (χ1) is 11.5. The second-order valence-corrected chi connectivity index (χ2v) is 5.31. The van der Waals surface area contributed by atoms with E-state index in [1.165, 1.54) is 19.2 Å². The molecule has 3 rings (SSSR count). The Balaban J connectivity index is 1.81. The van der Waals surface area contributed by atoms with Gasteiger partial charge in [0.2, 0.25) is 0 Å². The van der Waals surface area contributed by atoms with Gasteiger partial charge >= 0.3 is 6.03 Å². The third kappa shape index (κ3) is 3.27. The van der Waals surface area contributed by atoms with Gasteiger partial charge < -0.3 is 10.1 Å². The normalized spacial score (nSPS) is 15.8. The van der Waals surface area contributed by atoms with Crippen molar-refractivity contribution in [1.29, 1.82) is 0 Å². The van der Waals surface area contributed by atoms with E-state index in [0.717, 1.165) is 4.90 Å². The minimum atomic E-state index is -0.468. The summed E-state index contributed by atoms with van der Waals surface area (Å²) in [5, 5.41) is 2.50. The molecule has 0 aliphatic carbocycles. The van der Waals surface area contributed by atoms with Gasteiger partial charge in [0, 0.05) is 12.6 Å². The van der Waals surface area contributed by atoms with E-state index < -0.39 is 11.9 Å². The lowest BCUT2D eigenvalue weighted by Gasteiger charge is -2.10. The lowest BCUT2D eigenvalue weighted by molar-refractivity contribution is -0.121. The zero-order valence-corrected chi connectivity index (χ0v) is 13.0. The Morgan fingerprint density at radius 3 is 2.67 bits per heavy atom. The van der Waals surface area contributed by atoms with Crippen LogP contribution in [0.5, 0.6) is 5.75 Å². The Bertz CT molecular complexity index is 833. The maximum atomic E-state index is 13.2. The van der Waals surface area contributed by atoms with Crippen LogP contribution in [0.25, 0.3) is 6.08 Å². The summed E-state index contributed by atoms with van der Waals surface area (Å²) in [7, 11) is 1.41. The van der Waals surface area contributed by atoms with Crippen LogP contribution < -0.4 is 10.1 Å². The fraction of sp³-hybridized carbons (Fsp3) is 0.111. The quantitative estimate of drug-likeness (QED) is 0.694. The number of nitrogens with one attached hydrogen (secondary N) is 1. The number of ether oxygens (including phenoxy) is 1. The average molecular weight is 326 g/mol. The molecule has 3 amide bonds. The lowest BCUT2D eigenvalue weighted by Crippen LogP contribution is -2.25. The standard InChI is InChI=1S/C18H15FN2O3/c1-21-17(22)15(20-18(21)23)10-13-6-2-3-8-16(13)24-11-12-5-4-7-14(19)9-12/h2-10H,11H2,1H3,(H,20,23)/b15-10+. The van der Waals surface area contributed by atoms with Crippen LogP contribution in [0.3, 0.4) is 0 Å². The monoisotopic (exact) mass is 326 g/mol. The summed E-state index contributed by atoms with van der Waals surface area (Å²) in [6, 6.07) is 12.8. The lowest BCUT2D eigenvalue weighted by atomic mass is 10.1. The van der Waals surface area contributed by atoms with Crippen LogP contribution in [0.1, 0.15) is 11.1 Å². The molecule has 0 aromatic heterocycles. The molecule has 5 nitrogen and oxygen atoms in total. The summed E-state index contributed by atoms with van der Waals surface area (Å²) in [5.74, 6) is -0.195. The van der Waals surface area contributed by atoms with Gasteiger partial charge in [0.15, 0.2) is 0 Å².